The van der Waals surface area contributed by atoms with Gasteiger partial charge in [0.2, 0.25) is 11.8 Å². The normalized spacial score (nSPS) is 20.6. The smallest absolute Gasteiger partial charge is 0.226 e. The van der Waals surface area contributed by atoms with Crippen LogP contribution in [0.15, 0.2) is 30.3 Å². The first kappa shape index (κ1) is 19.5. The van der Waals surface area contributed by atoms with Crippen molar-refractivity contribution < 1.29 is 9.59 Å². The van der Waals surface area contributed by atoms with Crippen LogP contribution in [0.4, 0.5) is 0 Å². The van der Waals surface area contributed by atoms with Crippen molar-refractivity contribution in [3.8, 4) is 0 Å². The predicted octanol–water partition coefficient (Wildman–Crippen LogP) is 3.75. The second kappa shape index (κ2) is 9.02. The van der Waals surface area contributed by atoms with E-state index in [1.807, 2.05) is 36.9 Å². The molecule has 0 atom stereocenters. The topological polar surface area (TPSA) is 49.4 Å². The molecule has 0 saturated heterocycles. The second-order valence-electron chi connectivity index (χ2n) is 7.76. The first-order chi connectivity index (χ1) is 11.9. The zero-order chi connectivity index (χ0) is 18.4. The lowest BCUT2D eigenvalue weighted by Crippen LogP contribution is -2.43. The summed E-state index contributed by atoms with van der Waals surface area (Å²) < 4.78 is 0. The second-order valence-corrected chi connectivity index (χ2v) is 7.76. The minimum absolute atomic E-state index is 0.0502. The highest BCUT2D eigenvalue weighted by molar-refractivity contribution is 5.81. The number of carbonyl (C=O) groups excluding carboxylic acids is 2. The van der Waals surface area contributed by atoms with E-state index in [1.165, 1.54) is 0 Å². The number of hydrogen-bond acceptors (Lipinski definition) is 2. The maximum Gasteiger partial charge on any atom is 0.226 e. The molecule has 138 valence electrons. The molecule has 0 aromatic heterocycles. The Morgan fingerprint density at radius 1 is 1.00 bits per heavy atom. The van der Waals surface area contributed by atoms with Gasteiger partial charge in [-0.2, -0.15) is 0 Å². The molecular formula is C21H32N2O2. The van der Waals surface area contributed by atoms with Gasteiger partial charge < -0.3 is 10.2 Å². The minimum Gasteiger partial charge on any atom is -0.354 e. The lowest BCUT2D eigenvalue weighted by Gasteiger charge is -2.34. The van der Waals surface area contributed by atoms with Gasteiger partial charge in [0.15, 0.2) is 0 Å². The summed E-state index contributed by atoms with van der Waals surface area (Å²) in [5, 5.41) is 3.00. The third-order valence-corrected chi connectivity index (χ3v) is 4.98. The summed E-state index contributed by atoms with van der Waals surface area (Å²) in [7, 11) is 0. The third-order valence-electron chi connectivity index (χ3n) is 4.98. The van der Waals surface area contributed by atoms with E-state index in [1.54, 1.807) is 0 Å². The van der Waals surface area contributed by atoms with Crippen molar-refractivity contribution in [3.05, 3.63) is 35.9 Å². The lowest BCUT2D eigenvalue weighted by molar-refractivity contribution is -0.140. The number of carbonyl (C=O) groups is 2. The zero-order valence-electron chi connectivity index (χ0n) is 16.0. The number of hydrogen-bond donors (Lipinski definition) is 1. The van der Waals surface area contributed by atoms with E-state index < -0.39 is 0 Å². The lowest BCUT2D eigenvalue weighted by atomic mass is 9.80. The highest BCUT2D eigenvalue weighted by Gasteiger charge is 2.33. The maximum absolute atomic E-state index is 13.0. The van der Waals surface area contributed by atoms with Gasteiger partial charge in [-0.3, -0.25) is 9.59 Å². The van der Waals surface area contributed by atoms with Gasteiger partial charge >= 0.3 is 0 Å². The van der Waals surface area contributed by atoms with E-state index in [2.05, 4.69) is 31.3 Å². The molecule has 1 N–H and O–H groups in total. The Kier molecular flexibility index (Phi) is 7.03. The van der Waals surface area contributed by atoms with E-state index in [0.717, 1.165) is 31.2 Å². The first-order valence-electron chi connectivity index (χ1n) is 9.53. The summed E-state index contributed by atoms with van der Waals surface area (Å²) in [5.74, 6) is 0.495. The number of nitrogens with one attached hydrogen (secondary N) is 1. The highest BCUT2D eigenvalue weighted by atomic mass is 16.2. The SMILES string of the molecule is CC(C)NC(=O)C1CCC(C(=O)N(Cc2ccccc2)C(C)C)CC1. The molecule has 2 rings (SSSR count). The van der Waals surface area contributed by atoms with Crippen LogP contribution in [-0.4, -0.2) is 28.8 Å². The fraction of sp³-hybridized carbons (Fsp3) is 0.619. The Balaban J connectivity index is 1.94. The summed E-state index contributed by atoms with van der Waals surface area (Å²) in [5.41, 5.74) is 1.16. The van der Waals surface area contributed by atoms with Gasteiger partial charge in [0.25, 0.3) is 0 Å². The largest absolute Gasteiger partial charge is 0.354 e. The number of nitrogens with zero attached hydrogens (tertiary/aromatic N) is 1. The van der Waals surface area contributed by atoms with Crippen LogP contribution in [-0.2, 0) is 16.1 Å². The molecule has 1 saturated carbocycles. The first-order valence-corrected chi connectivity index (χ1v) is 9.53. The highest BCUT2D eigenvalue weighted by Crippen LogP contribution is 2.31. The molecule has 2 amide bonds. The molecule has 1 aromatic rings. The molecule has 1 aliphatic carbocycles. The van der Waals surface area contributed by atoms with E-state index >= 15 is 0 Å². The van der Waals surface area contributed by atoms with E-state index in [0.29, 0.717) is 6.54 Å². The van der Waals surface area contributed by atoms with Crippen molar-refractivity contribution in [2.24, 2.45) is 11.8 Å². The van der Waals surface area contributed by atoms with Gasteiger partial charge in [-0.1, -0.05) is 30.3 Å². The van der Waals surface area contributed by atoms with Crippen molar-refractivity contribution in [3.63, 3.8) is 0 Å². The van der Waals surface area contributed by atoms with Crippen LogP contribution in [0.5, 0.6) is 0 Å². The van der Waals surface area contributed by atoms with Gasteiger partial charge in [-0.05, 0) is 58.9 Å². The Hall–Kier alpha value is -1.84. The van der Waals surface area contributed by atoms with E-state index in [9.17, 15) is 9.59 Å². The summed E-state index contributed by atoms with van der Waals surface area (Å²) in [6.07, 6.45) is 3.25. The molecule has 0 spiro atoms. The third kappa shape index (κ3) is 5.58. The van der Waals surface area contributed by atoms with Crippen LogP contribution >= 0.6 is 0 Å². The molecule has 4 nitrogen and oxygen atoms in total. The van der Waals surface area contributed by atoms with Crippen LogP contribution < -0.4 is 5.32 Å². The maximum atomic E-state index is 13.0. The van der Waals surface area contributed by atoms with Crippen molar-refractivity contribution >= 4 is 11.8 Å². The van der Waals surface area contributed by atoms with Crippen LogP contribution in [0.25, 0.3) is 0 Å². The quantitative estimate of drug-likeness (QED) is 0.854. The van der Waals surface area contributed by atoms with Crippen molar-refractivity contribution in [2.75, 3.05) is 0 Å². The molecule has 4 heteroatoms. The van der Waals surface area contributed by atoms with Crippen LogP contribution in [0, 0.1) is 11.8 Å². The van der Waals surface area contributed by atoms with E-state index in [-0.39, 0.29) is 35.7 Å². The molecule has 0 bridgehead atoms. The fourth-order valence-electron chi connectivity index (χ4n) is 3.53. The van der Waals surface area contributed by atoms with Crippen LogP contribution in [0.1, 0.15) is 58.9 Å². The van der Waals surface area contributed by atoms with Crippen molar-refractivity contribution in [1.29, 1.82) is 0 Å². The molecule has 1 aliphatic rings. The van der Waals surface area contributed by atoms with Crippen LogP contribution in [0.3, 0.4) is 0 Å². The molecular weight excluding hydrogens is 312 g/mol. The zero-order valence-corrected chi connectivity index (χ0v) is 16.0. The predicted molar refractivity (Wildman–Crippen MR) is 101 cm³/mol. The molecule has 25 heavy (non-hydrogen) atoms. The molecule has 1 fully saturated rings. The Labute approximate surface area is 152 Å². The number of rotatable bonds is 6. The summed E-state index contributed by atoms with van der Waals surface area (Å²) >= 11 is 0. The fourth-order valence-corrected chi connectivity index (χ4v) is 3.53. The Morgan fingerprint density at radius 3 is 2.08 bits per heavy atom. The van der Waals surface area contributed by atoms with E-state index in [4.69, 9.17) is 0 Å². The molecule has 0 aliphatic heterocycles. The molecule has 1 aromatic carbocycles. The number of amides is 2. The summed E-state index contributed by atoms with van der Waals surface area (Å²) in [4.78, 5) is 27.2. The molecule has 0 radical (unpaired) electrons. The molecule has 0 unspecified atom stereocenters. The van der Waals surface area contributed by atoms with Crippen LogP contribution in [0.2, 0.25) is 0 Å². The monoisotopic (exact) mass is 344 g/mol. The minimum atomic E-state index is 0.0502. The number of benzene rings is 1. The van der Waals surface area contributed by atoms with Gasteiger partial charge in [-0.25, -0.2) is 0 Å². The average Bonchev–Trinajstić information content (AvgIpc) is 2.59. The Bertz CT molecular complexity index is 561. The van der Waals surface area contributed by atoms with Crippen molar-refractivity contribution in [1.82, 2.24) is 10.2 Å². The Morgan fingerprint density at radius 2 is 1.56 bits per heavy atom. The summed E-state index contributed by atoms with van der Waals surface area (Å²) in [6, 6.07) is 10.5. The molecule has 0 heterocycles. The van der Waals surface area contributed by atoms with Gasteiger partial charge in [0.05, 0.1) is 0 Å². The van der Waals surface area contributed by atoms with Crippen molar-refractivity contribution in [2.45, 2.75) is 72.0 Å². The van der Waals surface area contributed by atoms with Gasteiger partial charge in [0.1, 0.15) is 0 Å². The van der Waals surface area contributed by atoms with Gasteiger partial charge in [-0.15, -0.1) is 0 Å². The standard InChI is InChI=1S/C21H32N2O2/c1-15(2)22-20(24)18-10-12-19(13-11-18)21(25)23(16(3)4)14-17-8-6-5-7-9-17/h5-9,15-16,18-19H,10-14H2,1-4H3,(H,22,24). The average molecular weight is 344 g/mol. The summed E-state index contributed by atoms with van der Waals surface area (Å²) in [6.45, 7) is 8.77. The van der Waals surface area contributed by atoms with Gasteiger partial charge in [0, 0.05) is 30.5 Å².